The Kier molecular flexibility index (Phi) is 5.60. The number of thiol groups is 1. The average molecular weight is 193 g/mol. The molecule has 3 nitrogen and oxygen atoms in total. The third-order valence-corrected chi connectivity index (χ3v) is 2.97. The third-order valence-electron chi connectivity index (χ3n) is 0.908. The summed E-state index contributed by atoms with van der Waals surface area (Å²) < 4.78 is 5.07. The van der Waals surface area contributed by atoms with E-state index in [1.165, 1.54) is 0 Å². The summed E-state index contributed by atoms with van der Waals surface area (Å²) in [6, 6.07) is 1.91. The maximum Gasteiger partial charge on any atom is 0.155 e. The van der Waals surface area contributed by atoms with Gasteiger partial charge >= 0.3 is 0 Å². The molecule has 1 N–H and O–H groups in total. The number of nitrogens with zero attached hydrogens (tertiary/aromatic N) is 1. The van der Waals surface area contributed by atoms with Crippen LogP contribution in [0.4, 0.5) is 0 Å². The second kappa shape index (κ2) is 5.61. The highest BCUT2D eigenvalue weighted by atomic mass is 32.2. The molecule has 64 valence electrons. The van der Waals surface area contributed by atoms with Crippen molar-refractivity contribution in [3.63, 3.8) is 0 Å². The van der Waals surface area contributed by atoms with Gasteiger partial charge in [0.2, 0.25) is 0 Å². The highest BCUT2D eigenvalue weighted by molar-refractivity contribution is 8.24. The van der Waals surface area contributed by atoms with Gasteiger partial charge in [-0.2, -0.15) is 5.26 Å². The summed E-state index contributed by atoms with van der Waals surface area (Å²) in [6.07, 6.45) is -0.493. The lowest BCUT2D eigenvalue weighted by molar-refractivity contribution is 0.326. The largest absolute Gasteiger partial charge is 0.349 e. The molecule has 5 heteroatoms. The number of hydrogen-bond donors (Lipinski definition) is 2. The van der Waals surface area contributed by atoms with Gasteiger partial charge in [0.1, 0.15) is 0 Å². The molecule has 0 saturated heterocycles. The van der Waals surface area contributed by atoms with Crippen LogP contribution in [0.25, 0.3) is 0 Å². The molecule has 2 atom stereocenters. The van der Waals surface area contributed by atoms with E-state index >= 15 is 0 Å². The van der Waals surface area contributed by atoms with Crippen LogP contribution in [0.5, 0.6) is 0 Å². The Bertz CT molecular complexity index is 193. The van der Waals surface area contributed by atoms with Crippen molar-refractivity contribution in [3.8, 4) is 6.07 Å². The van der Waals surface area contributed by atoms with Gasteiger partial charge in [-0.25, -0.2) is 0 Å². The molecule has 0 aliphatic rings. The zero-order valence-electron chi connectivity index (χ0n) is 6.44. The first kappa shape index (κ1) is 11.0. The maximum absolute atomic E-state index is 8.92. The molecule has 0 fully saturated rings. The minimum atomic E-state index is -0.699. The van der Waals surface area contributed by atoms with E-state index < -0.39 is 16.9 Å². The molecule has 0 aromatic carbocycles. The van der Waals surface area contributed by atoms with Crippen molar-refractivity contribution in [1.82, 2.24) is 0 Å². The van der Waals surface area contributed by atoms with Crippen LogP contribution >= 0.6 is 23.4 Å². The highest BCUT2D eigenvalue weighted by Crippen LogP contribution is 2.19. The van der Waals surface area contributed by atoms with Crippen LogP contribution in [0.1, 0.15) is 13.8 Å². The Hall–Kier alpha value is -0.0200. The summed E-state index contributed by atoms with van der Waals surface area (Å²) in [7, 11) is -0.699. The Morgan fingerprint density at radius 1 is 1.91 bits per heavy atom. The summed E-state index contributed by atoms with van der Waals surface area (Å²) in [6.45, 7) is 3.49. The zero-order valence-corrected chi connectivity index (χ0v) is 8.15. The average Bonchev–Trinajstić information content (AvgIpc) is 1.99. The summed E-state index contributed by atoms with van der Waals surface area (Å²) in [5.74, 6) is 0.640. The topological polar surface area (TPSA) is 53.2 Å². The van der Waals surface area contributed by atoms with Crippen LogP contribution in [-0.4, -0.2) is 21.3 Å². The van der Waals surface area contributed by atoms with Crippen molar-refractivity contribution in [2.75, 3.05) is 5.75 Å². The Balaban J connectivity index is 4.13. The molecule has 0 aromatic heterocycles. The van der Waals surface area contributed by atoms with E-state index in [-0.39, 0.29) is 4.38 Å². The molecule has 0 aromatic rings. The lowest BCUT2D eigenvalue weighted by atomic mass is 10.5. The fourth-order valence-electron chi connectivity index (χ4n) is 0.436. The van der Waals surface area contributed by atoms with Gasteiger partial charge in [-0.1, -0.05) is 6.92 Å². The predicted octanol–water partition coefficient (Wildman–Crippen LogP) is 1.69. The molecule has 0 amide bonds. The van der Waals surface area contributed by atoms with Gasteiger partial charge in [0.25, 0.3) is 0 Å². The first-order valence-electron chi connectivity index (χ1n) is 3.14. The standard InChI is InChI=1S/C6H11NO2S2/c1-3-11(6(8)10)9-5(2)4-7/h5,8,10H,3H2,1-2H3. The molecule has 0 aliphatic carbocycles. The lowest BCUT2D eigenvalue weighted by Gasteiger charge is -2.08. The van der Waals surface area contributed by atoms with Gasteiger partial charge in [-0.15, -0.1) is 12.6 Å². The maximum atomic E-state index is 8.92. The van der Waals surface area contributed by atoms with Gasteiger partial charge in [0.15, 0.2) is 10.5 Å². The van der Waals surface area contributed by atoms with Crippen LogP contribution in [-0.2, 0) is 4.18 Å². The molecule has 0 aliphatic heterocycles. The molecule has 0 rings (SSSR count). The molecular formula is C6H11NO2S2. The first-order valence-corrected chi connectivity index (χ1v) is 4.91. The number of rotatable bonds is 3. The minimum Gasteiger partial charge on any atom is -0.349 e. The number of aliphatic hydroxyl groups is 1. The molecular weight excluding hydrogens is 182 g/mol. The summed E-state index contributed by atoms with van der Waals surface area (Å²) in [5, 5.41) is 17.3. The summed E-state index contributed by atoms with van der Waals surface area (Å²) >= 11 is 3.74. The zero-order chi connectivity index (χ0) is 8.85. The quantitative estimate of drug-likeness (QED) is 0.530. The van der Waals surface area contributed by atoms with E-state index in [1.807, 2.05) is 13.0 Å². The van der Waals surface area contributed by atoms with Crippen molar-refractivity contribution < 1.29 is 9.29 Å². The fourth-order valence-corrected chi connectivity index (χ4v) is 1.82. The Morgan fingerprint density at radius 3 is 2.73 bits per heavy atom. The van der Waals surface area contributed by atoms with Crippen molar-refractivity contribution in [2.45, 2.75) is 20.0 Å². The van der Waals surface area contributed by atoms with Crippen molar-refractivity contribution in [1.29, 1.82) is 5.26 Å². The van der Waals surface area contributed by atoms with E-state index in [4.69, 9.17) is 14.6 Å². The molecule has 0 saturated carbocycles. The van der Waals surface area contributed by atoms with Crippen LogP contribution in [0.2, 0.25) is 0 Å². The second-order valence-electron chi connectivity index (χ2n) is 1.78. The Labute approximate surface area is 74.5 Å². The highest BCUT2D eigenvalue weighted by Gasteiger charge is 2.03. The third kappa shape index (κ3) is 4.43. The van der Waals surface area contributed by atoms with Crippen LogP contribution in [0.15, 0.2) is 0 Å². The molecule has 0 heterocycles. The van der Waals surface area contributed by atoms with Crippen LogP contribution in [0.3, 0.4) is 0 Å². The van der Waals surface area contributed by atoms with E-state index in [0.29, 0.717) is 5.75 Å². The van der Waals surface area contributed by atoms with Gasteiger partial charge in [0, 0.05) is 5.75 Å². The minimum absolute atomic E-state index is 0.0467. The monoisotopic (exact) mass is 193 g/mol. The SMILES string of the molecule is CCS(OC(C)C#N)=C(O)S. The molecule has 11 heavy (non-hydrogen) atoms. The number of nitriles is 1. The van der Waals surface area contributed by atoms with E-state index in [2.05, 4.69) is 12.6 Å². The fraction of sp³-hybridized carbons (Fsp3) is 0.667. The smallest absolute Gasteiger partial charge is 0.155 e. The summed E-state index contributed by atoms with van der Waals surface area (Å²) in [4.78, 5) is 0. The predicted molar refractivity (Wildman–Crippen MR) is 50.9 cm³/mol. The van der Waals surface area contributed by atoms with Crippen molar-refractivity contribution in [2.24, 2.45) is 0 Å². The van der Waals surface area contributed by atoms with E-state index in [0.717, 1.165) is 0 Å². The van der Waals surface area contributed by atoms with Crippen LogP contribution < -0.4 is 0 Å². The summed E-state index contributed by atoms with van der Waals surface area (Å²) in [5.41, 5.74) is 0. The van der Waals surface area contributed by atoms with Gasteiger partial charge < -0.3 is 9.29 Å². The molecule has 0 spiro atoms. The second-order valence-corrected chi connectivity index (χ2v) is 4.36. The number of hydrogen-bond acceptors (Lipinski definition) is 2. The first-order chi connectivity index (χ1) is 5.11. The molecule has 2 unspecified atom stereocenters. The van der Waals surface area contributed by atoms with Gasteiger partial charge in [-0.05, 0) is 17.7 Å². The number of aliphatic hydroxyl groups excluding tert-OH is 1. The normalized spacial score (nSPS) is 16.8. The van der Waals surface area contributed by atoms with Crippen LogP contribution in [0, 0.1) is 11.3 Å². The van der Waals surface area contributed by atoms with Gasteiger partial charge in [0.05, 0.1) is 6.07 Å². The lowest BCUT2D eigenvalue weighted by Crippen LogP contribution is -2.03. The van der Waals surface area contributed by atoms with Crippen molar-refractivity contribution in [3.05, 3.63) is 0 Å². The molecule has 0 bridgehead atoms. The van der Waals surface area contributed by atoms with Gasteiger partial charge in [-0.3, -0.25) is 0 Å². The Morgan fingerprint density at radius 2 is 2.45 bits per heavy atom. The van der Waals surface area contributed by atoms with E-state index in [1.54, 1.807) is 6.92 Å². The van der Waals surface area contributed by atoms with E-state index in [9.17, 15) is 0 Å². The van der Waals surface area contributed by atoms with Crippen molar-refractivity contribution >= 4 is 27.8 Å². The molecule has 0 radical (unpaired) electrons.